The Kier molecular flexibility index (Phi) is 5.49. The van der Waals surface area contributed by atoms with Gasteiger partial charge in [0.1, 0.15) is 11.9 Å². The molecule has 0 unspecified atom stereocenters. The van der Waals surface area contributed by atoms with Gasteiger partial charge in [-0.1, -0.05) is 6.07 Å². The first-order valence-corrected chi connectivity index (χ1v) is 6.30. The van der Waals surface area contributed by atoms with Crippen molar-refractivity contribution in [2.45, 2.75) is 38.8 Å². The van der Waals surface area contributed by atoms with Crippen molar-refractivity contribution in [1.29, 1.82) is 0 Å². The van der Waals surface area contributed by atoms with Crippen LogP contribution < -0.4 is 10.1 Å². The number of nitrogens with zero attached hydrogens (tertiary/aromatic N) is 1. The molecule has 110 valence electrons. The molecule has 0 bridgehead atoms. The molecule has 0 aliphatic rings. The number of hydrogen-bond acceptors (Lipinski definition) is 5. The van der Waals surface area contributed by atoms with Crippen LogP contribution in [0.15, 0.2) is 18.2 Å². The minimum atomic E-state index is -0.600. The fourth-order valence-corrected chi connectivity index (χ4v) is 1.54. The molecule has 1 aromatic rings. The fraction of sp³-hybridized carbons (Fsp3) is 0.500. The van der Waals surface area contributed by atoms with Crippen LogP contribution in [0.1, 0.15) is 38.9 Å². The van der Waals surface area contributed by atoms with E-state index in [-0.39, 0.29) is 6.42 Å². The molecule has 0 aliphatic heterocycles. The van der Waals surface area contributed by atoms with Gasteiger partial charge in [0.05, 0.1) is 18.8 Å². The Bertz CT molecular complexity index is 468. The lowest BCUT2D eigenvalue weighted by atomic mass is 10.1. The van der Waals surface area contributed by atoms with Gasteiger partial charge in [-0.05, 0) is 26.8 Å². The van der Waals surface area contributed by atoms with E-state index in [0.717, 1.165) is 6.29 Å². The highest BCUT2D eigenvalue weighted by atomic mass is 16.6. The Morgan fingerprint density at radius 2 is 2.15 bits per heavy atom. The molecule has 20 heavy (non-hydrogen) atoms. The zero-order valence-corrected chi connectivity index (χ0v) is 12.2. The highest BCUT2D eigenvalue weighted by Gasteiger charge is 2.21. The van der Waals surface area contributed by atoms with E-state index in [1.165, 1.54) is 7.11 Å². The standard InChI is InChI=1S/C14H20N2O4/c1-14(2,3)20-13(18)16-11(8-9-17)10-6-5-7-12(15-10)19-4/h5-7,9,11H,8H2,1-4H3,(H,16,18)/t11-/m0/s1. The van der Waals surface area contributed by atoms with Crippen LogP contribution in [0.5, 0.6) is 5.88 Å². The number of methoxy groups -OCH3 is 1. The molecule has 0 fully saturated rings. The summed E-state index contributed by atoms with van der Waals surface area (Å²) < 4.78 is 10.2. The Morgan fingerprint density at radius 1 is 1.45 bits per heavy atom. The van der Waals surface area contributed by atoms with Crippen LogP contribution in [0.25, 0.3) is 0 Å². The summed E-state index contributed by atoms with van der Waals surface area (Å²) >= 11 is 0. The van der Waals surface area contributed by atoms with Gasteiger partial charge in [-0.3, -0.25) is 0 Å². The van der Waals surface area contributed by atoms with Crippen molar-refractivity contribution in [2.24, 2.45) is 0 Å². The summed E-state index contributed by atoms with van der Waals surface area (Å²) in [6, 6.07) is 4.61. The van der Waals surface area contributed by atoms with E-state index in [1.807, 2.05) is 0 Å². The smallest absolute Gasteiger partial charge is 0.408 e. The van der Waals surface area contributed by atoms with Crippen LogP contribution >= 0.6 is 0 Å². The summed E-state index contributed by atoms with van der Waals surface area (Å²) in [6.45, 7) is 5.31. The summed E-state index contributed by atoms with van der Waals surface area (Å²) in [6.07, 6.45) is 0.247. The Balaban J connectivity index is 2.82. The molecule has 1 atom stereocenters. The van der Waals surface area contributed by atoms with Crippen molar-refractivity contribution in [3.05, 3.63) is 23.9 Å². The third-order valence-corrected chi connectivity index (χ3v) is 2.33. The summed E-state index contributed by atoms with van der Waals surface area (Å²) in [5, 5.41) is 2.63. The van der Waals surface area contributed by atoms with Crippen molar-refractivity contribution in [1.82, 2.24) is 10.3 Å². The molecular formula is C14H20N2O4. The zero-order chi connectivity index (χ0) is 15.2. The van der Waals surface area contributed by atoms with Crippen LogP contribution in [0.4, 0.5) is 4.79 Å². The van der Waals surface area contributed by atoms with E-state index in [1.54, 1.807) is 39.0 Å². The Labute approximate surface area is 118 Å². The topological polar surface area (TPSA) is 77.5 Å². The van der Waals surface area contributed by atoms with Gasteiger partial charge in [-0.15, -0.1) is 0 Å². The number of carbonyl (C=O) groups is 2. The van der Waals surface area contributed by atoms with E-state index in [9.17, 15) is 9.59 Å². The quantitative estimate of drug-likeness (QED) is 0.837. The van der Waals surface area contributed by atoms with E-state index in [0.29, 0.717) is 11.6 Å². The molecule has 1 aromatic heterocycles. The summed E-state index contributed by atoms with van der Waals surface area (Å²) in [4.78, 5) is 26.7. The SMILES string of the molecule is COc1cccc([C@H](CC=O)NC(=O)OC(C)(C)C)n1. The van der Waals surface area contributed by atoms with Crippen molar-refractivity contribution in [3.63, 3.8) is 0 Å². The van der Waals surface area contributed by atoms with Crippen LogP contribution in [0.3, 0.4) is 0 Å². The molecule has 1 heterocycles. The summed E-state index contributed by atoms with van der Waals surface area (Å²) in [5.74, 6) is 0.421. The fourth-order valence-electron chi connectivity index (χ4n) is 1.54. The first kappa shape index (κ1) is 15.9. The number of nitrogens with one attached hydrogen (secondary N) is 1. The maximum absolute atomic E-state index is 11.8. The maximum Gasteiger partial charge on any atom is 0.408 e. The van der Waals surface area contributed by atoms with Gasteiger partial charge in [-0.2, -0.15) is 0 Å². The van der Waals surface area contributed by atoms with E-state index < -0.39 is 17.7 Å². The van der Waals surface area contributed by atoms with Gasteiger partial charge >= 0.3 is 6.09 Å². The first-order valence-electron chi connectivity index (χ1n) is 6.30. The molecule has 0 aromatic carbocycles. The molecule has 1 amide bonds. The number of amides is 1. The molecule has 0 saturated heterocycles. The largest absolute Gasteiger partial charge is 0.481 e. The molecular weight excluding hydrogens is 260 g/mol. The second kappa shape index (κ2) is 6.88. The van der Waals surface area contributed by atoms with Gasteiger partial charge < -0.3 is 19.6 Å². The predicted molar refractivity (Wildman–Crippen MR) is 73.6 cm³/mol. The summed E-state index contributed by atoms with van der Waals surface area (Å²) in [5.41, 5.74) is -0.0558. The second-order valence-electron chi connectivity index (χ2n) is 5.21. The number of rotatable bonds is 5. The maximum atomic E-state index is 11.8. The normalized spacial score (nSPS) is 12.4. The lowest BCUT2D eigenvalue weighted by molar-refractivity contribution is -0.108. The molecule has 6 heteroatoms. The highest BCUT2D eigenvalue weighted by molar-refractivity contribution is 5.69. The number of hydrogen-bond donors (Lipinski definition) is 1. The van der Waals surface area contributed by atoms with Gasteiger partial charge in [0, 0.05) is 12.5 Å². The average Bonchev–Trinajstić information content (AvgIpc) is 2.36. The second-order valence-corrected chi connectivity index (χ2v) is 5.21. The van der Waals surface area contributed by atoms with Gasteiger partial charge in [0.25, 0.3) is 0 Å². The molecule has 1 rings (SSSR count). The van der Waals surface area contributed by atoms with E-state index in [2.05, 4.69) is 10.3 Å². The Hall–Kier alpha value is -2.11. The first-order chi connectivity index (χ1) is 9.35. The zero-order valence-electron chi connectivity index (χ0n) is 12.2. The molecule has 0 spiro atoms. The van der Waals surface area contributed by atoms with Crippen LogP contribution in [0.2, 0.25) is 0 Å². The van der Waals surface area contributed by atoms with Crippen LogP contribution in [-0.4, -0.2) is 30.1 Å². The molecule has 0 aliphatic carbocycles. The lowest BCUT2D eigenvalue weighted by Gasteiger charge is -2.22. The van der Waals surface area contributed by atoms with Crippen molar-refractivity contribution < 1.29 is 19.1 Å². The average molecular weight is 280 g/mol. The third kappa shape index (κ3) is 5.26. The number of aldehydes is 1. The van der Waals surface area contributed by atoms with E-state index in [4.69, 9.17) is 9.47 Å². The van der Waals surface area contributed by atoms with Gasteiger partial charge in [-0.25, -0.2) is 9.78 Å². The number of pyridine rings is 1. The summed E-state index contributed by atoms with van der Waals surface area (Å²) in [7, 11) is 1.50. The molecule has 1 N–H and O–H groups in total. The molecule has 6 nitrogen and oxygen atoms in total. The minimum absolute atomic E-state index is 0.111. The highest BCUT2D eigenvalue weighted by Crippen LogP contribution is 2.18. The minimum Gasteiger partial charge on any atom is -0.481 e. The lowest BCUT2D eigenvalue weighted by Crippen LogP contribution is -2.35. The van der Waals surface area contributed by atoms with Gasteiger partial charge in [0.2, 0.25) is 5.88 Å². The molecule has 0 saturated carbocycles. The van der Waals surface area contributed by atoms with Crippen LogP contribution in [0, 0.1) is 0 Å². The predicted octanol–water partition coefficient (Wildman–Crippen LogP) is 2.25. The van der Waals surface area contributed by atoms with Crippen molar-refractivity contribution in [3.8, 4) is 5.88 Å². The number of carbonyl (C=O) groups excluding carboxylic acids is 2. The number of ether oxygens (including phenoxy) is 2. The third-order valence-electron chi connectivity index (χ3n) is 2.33. The van der Waals surface area contributed by atoms with Crippen molar-refractivity contribution >= 4 is 12.4 Å². The van der Waals surface area contributed by atoms with E-state index >= 15 is 0 Å². The monoisotopic (exact) mass is 280 g/mol. The number of aromatic nitrogens is 1. The molecule has 0 radical (unpaired) electrons. The Morgan fingerprint density at radius 3 is 2.70 bits per heavy atom. The number of alkyl carbamates (subject to hydrolysis) is 1. The van der Waals surface area contributed by atoms with Gasteiger partial charge in [0.15, 0.2) is 0 Å². The van der Waals surface area contributed by atoms with Crippen LogP contribution in [-0.2, 0) is 9.53 Å². The van der Waals surface area contributed by atoms with Crippen molar-refractivity contribution in [2.75, 3.05) is 7.11 Å².